The minimum Gasteiger partial charge on any atom is -0.392 e. The van der Waals surface area contributed by atoms with Gasteiger partial charge >= 0.3 is 0 Å². The molecule has 1 aromatic heterocycles. The molecule has 0 atom stereocenters. The van der Waals surface area contributed by atoms with Crippen molar-refractivity contribution in [3.05, 3.63) is 35.2 Å². The second-order valence-electron chi connectivity index (χ2n) is 3.44. The van der Waals surface area contributed by atoms with Crippen LogP contribution < -0.4 is 0 Å². The molecule has 0 fully saturated rings. The Morgan fingerprint density at radius 3 is 2.67 bits per heavy atom. The van der Waals surface area contributed by atoms with E-state index in [0.717, 1.165) is 16.7 Å². The second kappa shape index (κ2) is 3.82. The van der Waals surface area contributed by atoms with Gasteiger partial charge < -0.3 is 9.63 Å². The van der Waals surface area contributed by atoms with E-state index in [9.17, 15) is 0 Å². The van der Waals surface area contributed by atoms with Crippen LogP contribution in [0, 0.1) is 13.8 Å². The van der Waals surface area contributed by atoms with Crippen molar-refractivity contribution < 1.29 is 9.63 Å². The first-order chi connectivity index (χ1) is 7.20. The van der Waals surface area contributed by atoms with Gasteiger partial charge in [-0.15, -0.1) is 0 Å². The van der Waals surface area contributed by atoms with Crippen molar-refractivity contribution in [2.24, 2.45) is 0 Å². The van der Waals surface area contributed by atoms with Crippen LogP contribution in [-0.2, 0) is 6.61 Å². The van der Waals surface area contributed by atoms with Crippen LogP contribution >= 0.6 is 0 Å². The lowest BCUT2D eigenvalue weighted by atomic mass is 10.1. The highest BCUT2D eigenvalue weighted by Gasteiger charge is 2.06. The highest BCUT2D eigenvalue weighted by atomic mass is 16.5. The van der Waals surface area contributed by atoms with E-state index in [4.69, 9.17) is 9.63 Å². The first kappa shape index (κ1) is 9.86. The number of aromatic nitrogens is 2. The van der Waals surface area contributed by atoms with E-state index in [1.807, 2.05) is 25.1 Å². The Balaban J connectivity index is 2.42. The molecule has 0 aliphatic rings. The molecule has 1 aromatic carbocycles. The van der Waals surface area contributed by atoms with Gasteiger partial charge in [-0.05, 0) is 24.1 Å². The Hall–Kier alpha value is -1.68. The molecule has 0 aliphatic carbocycles. The zero-order valence-corrected chi connectivity index (χ0v) is 8.69. The normalized spacial score (nSPS) is 10.6. The highest BCUT2D eigenvalue weighted by Crippen LogP contribution is 2.19. The fraction of sp³-hybridized carbons (Fsp3) is 0.273. The fourth-order valence-electron chi connectivity index (χ4n) is 1.43. The maximum atomic E-state index is 9.03. The predicted molar refractivity (Wildman–Crippen MR) is 55.1 cm³/mol. The molecule has 0 saturated carbocycles. The third-order valence-corrected chi connectivity index (χ3v) is 2.30. The Morgan fingerprint density at radius 2 is 2.13 bits per heavy atom. The van der Waals surface area contributed by atoms with Crippen LogP contribution in [0.25, 0.3) is 11.4 Å². The van der Waals surface area contributed by atoms with Crippen LogP contribution in [0.4, 0.5) is 0 Å². The standard InChI is InChI=1S/C11H12N2O2/c1-7-5-9(3-4-10(7)6-14)11-12-8(2)15-13-11/h3-5,14H,6H2,1-2H3. The van der Waals surface area contributed by atoms with Crippen molar-refractivity contribution in [1.82, 2.24) is 10.1 Å². The summed E-state index contributed by atoms with van der Waals surface area (Å²) in [4.78, 5) is 4.14. The molecular formula is C11H12N2O2. The van der Waals surface area contributed by atoms with E-state index in [-0.39, 0.29) is 6.61 Å². The molecule has 2 rings (SSSR count). The molecule has 2 aromatic rings. The average Bonchev–Trinajstić information content (AvgIpc) is 2.65. The topological polar surface area (TPSA) is 59.2 Å². The van der Waals surface area contributed by atoms with Gasteiger partial charge in [0.05, 0.1) is 6.61 Å². The summed E-state index contributed by atoms with van der Waals surface area (Å²) in [6, 6.07) is 5.69. The first-order valence-corrected chi connectivity index (χ1v) is 4.72. The van der Waals surface area contributed by atoms with Gasteiger partial charge in [-0.3, -0.25) is 0 Å². The summed E-state index contributed by atoms with van der Waals surface area (Å²) in [6.45, 7) is 3.75. The molecule has 0 spiro atoms. The van der Waals surface area contributed by atoms with Crippen LogP contribution in [-0.4, -0.2) is 15.2 Å². The summed E-state index contributed by atoms with van der Waals surface area (Å²) in [5, 5.41) is 12.9. The number of rotatable bonds is 2. The Bertz CT molecular complexity index is 477. The summed E-state index contributed by atoms with van der Waals surface area (Å²) in [5.74, 6) is 1.13. The van der Waals surface area contributed by atoms with Crippen molar-refractivity contribution in [3.63, 3.8) is 0 Å². The molecule has 4 heteroatoms. The minimum atomic E-state index is 0.0530. The zero-order chi connectivity index (χ0) is 10.8. The van der Waals surface area contributed by atoms with E-state index >= 15 is 0 Å². The number of hydrogen-bond donors (Lipinski definition) is 1. The van der Waals surface area contributed by atoms with Gasteiger partial charge in [-0.2, -0.15) is 4.98 Å². The molecule has 15 heavy (non-hydrogen) atoms. The Kier molecular flexibility index (Phi) is 2.51. The van der Waals surface area contributed by atoms with Crippen molar-refractivity contribution in [2.45, 2.75) is 20.5 Å². The van der Waals surface area contributed by atoms with E-state index in [1.165, 1.54) is 0 Å². The summed E-state index contributed by atoms with van der Waals surface area (Å²) in [5.41, 5.74) is 2.85. The lowest BCUT2D eigenvalue weighted by Crippen LogP contribution is -1.90. The third-order valence-electron chi connectivity index (χ3n) is 2.30. The van der Waals surface area contributed by atoms with Crippen LogP contribution in [0.2, 0.25) is 0 Å². The Morgan fingerprint density at radius 1 is 1.33 bits per heavy atom. The quantitative estimate of drug-likeness (QED) is 0.810. The van der Waals surface area contributed by atoms with Gasteiger partial charge in [0, 0.05) is 12.5 Å². The SMILES string of the molecule is Cc1nc(-c2ccc(CO)c(C)c2)no1. The van der Waals surface area contributed by atoms with Crippen molar-refractivity contribution >= 4 is 0 Å². The third kappa shape index (κ3) is 1.89. The number of aryl methyl sites for hydroxylation is 2. The van der Waals surface area contributed by atoms with Crippen molar-refractivity contribution in [3.8, 4) is 11.4 Å². The summed E-state index contributed by atoms with van der Waals surface area (Å²) in [7, 11) is 0. The molecule has 4 nitrogen and oxygen atoms in total. The monoisotopic (exact) mass is 204 g/mol. The van der Waals surface area contributed by atoms with Crippen LogP contribution in [0.3, 0.4) is 0 Å². The number of nitrogens with zero attached hydrogens (tertiary/aromatic N) is 2. The van der Waals surface area contributed by atoms with Crippen LogP contribution in [0.1, 0.15) is 17.0 Å². The van der Waals surface area contributed by atoms with Gasteiger partial charge in [0.1, 0.15) is 0 Å². The number of aliphatic hydroxyl groups excluding tert-OH is 1. The van der Waals surface area contributed by atoms with E-state index < -0.39 is 0 Å². The van der Waals surface area contributed by atoms with E-state index in [0.29, 0.717) is 11.7 Å². The highest BCUT2D eigenvalue weighted by molar-refractivity contribution is 5.56. The van der Waals surface area contributed by atoms with E-state index in [1.54, 1.807) is 6.92 Å². The van der Waals surface area contributed by atoms with Crippen molar-refractivity contribution in [1.29, 1.82) is 0 Å². The number of hydrogen-bond acceptors (Lipinski definition) is 4. The minimum absolute atomic E-state index is 0.0530. The lowest BCUT2D eigenvalue weighted by Gasteiger charge is -2.02. The largest absolute Gasteiger partial charge is 0.392 e. The second-order valence-corrected chi connectivity index (χ2v) is 3.44. The predicted octanol–water partition coefficient (Wildman–Crippen LogP) is 1.85. The zero-order valence-electron chi connectivity index (χ0n) is 8.69. The van der Waals surface area contributed by atoms with Crippen LogP contribution in [0.15, 0.2) is 22.7 Å². The maximum Gasteiger partial charge on any atom is 0.223 e. The Labute approximate surface area is 87.6 Å². The van der Waals surface area contributed by atoms with E-state index in [2.05, 4.69) is 10.1 Å². The average molecular weight is 204 g/mol. The molecule has 0 radical (unpaired) electrons. The molecule has 0 bridgehead atoms. The van der Waals surface area contributed by atoms with Gasteiger partial charge in [0.15, 0.2) is 0 Å². The molecule has 0 aliphatic heterocycles. The van der Waals surface area contributed by atoms with Gasteiger partial charge in [0.2, 0.25) is 11.7 Å². The summed E-state index contributed by atoms with van der Waals surface area (Å²) in [6.07, 6.45) is 0. The molecule has 1 N–H and O–H groups in total. The number of aliphatic hydroxyl groups is 1. The summed E-state index contributed by atoms with van der Waals surface area (Å²) >= 11 is 0. The summed E-state index contributed by atoms with van der Waals surface area (Å²) < 4.78 is 4.90. The van der Waals surface area contributed by atoms with Crippen molar-refractivity contribution in [2.75, 3.05) is 0 Å². The lowest BCUT2D eigenvalue weighted by molar-refractivity contribution is 0.281. The maximum absolute atomic E-state index is 9.03. The van der Waals surface area contributed by atoms with Gasteiger partial charge in [0.25, 0.3) is 0 Å². The molecule has 0 amide bonds. The van der Waals surface area contributed by atoms with Crippen LogP contribution in [0.5, 0.6) is 0 Å². The first-order valence-electron chi connectivity index (χ1n) is 4.72. The molecule has 0 unspecified atom stereocenters. The molecule has 78 valence electrons. The number of benzene rings is 1. The smallest absolute Gasteiger partial charge is 0.223 e. The fourth-order valence-corrected chi connectivity index (χ4v) is 1.43. The molecule has 1 heterocycles. The van der Waals surface area contributed by atoms with Gasteiger partial charge in [-0.25, -0.2) is 0 Å². The van der Waals surface area contributed by atoms with Gasteiger partial charge in [-0.1, -0.05) is 17.3 Å². The molecular weight excluding hydrogens is 192 g/mol. The molecule has 0 saturated heterocycles.